The molecule has 0 atom stereocenters. The van der Waals surface area contributed by atoms with Gasteiger partial charge in [-0.3, -0.25) is 0 Å². The SMILES string of the molecule is CCNc1nc(NCCOC(C)C)nc(N(C)C)n1. The number of rotatable bonds is 8. The fourth-order valence-corrected chi connectivity index (χ4v) is 1.34. The minimum Gasteiger partial charge on any atom is -0.377 e. The Morgan fingerprint density at radius 1 is 1.11 bits per heavy atom. The molecule has 0 aromatic carbocycles. The van der Waals surface area contributed by atoms with E-state index in [1.807, 2.05) is 39.8 Å². The van der Waals surface area contributed by atoms with E-state index < -0.39 is 0 Å². The third-order valence-corrected chi connectivity index (χ3v) is 2.19. The smallest absolute Gasteiger partial charge is 0.231 e. The number of nitrogens with zero attached hydrogens (tertiary/aromatic N) is 4. The number of hydrogen-bond donors (Lipinski definition) is 2. The van der Waals surface area contributed by atoms with Crippen LogP contribution in [0.5, 0.6) is 0 Å². The first-order valence-corrected chi connectivity index (χ1v) is 6.55. The molecule has 0 saturated heterocycles. The minimum absolute atomic E-state index is 0.231. The Kier molecular flexibility index (Phi) is 6.27. The zero-order valence-corrected chi connectivity index (χ0v) is 12.4. The van der Waals surface area contributed by atoms with Crippen molar-refractivity contribution in [2.24, 2.45) is 0 Å². The Balaban J connectivity index is 2.65. The van der Waals surface area contributed by atoms with Crippen LogP contribution in [-0.4, -0.2) is 54.8 Å². The van der Waals surface area contributed by atoms with E-state index in [0.717, 1.165) is 6.54 Å². The highest BCUT2D eigenvalue weighted by Gasteiger charge is 2.07. The molecule has 0 bridgehead atoms. The van der Waals surface area contributed by atoms with Crippen molar-refractivity contribution in [1.29, 1.82) is 0 Å². The van der Waals surface area contributed by atoms with Crippen LogP contribution in [0.15, 0.2) is 0 Å². The number of anilines is 3. The molecule has 1 rings (SSSR count). The van der Waals surface area contributed by atoms with Gasteiger partial charge >= 0.3 is 0 Å². The first kappa shape index (κ1) is 15.4. The molecular formula is C12H24N6O. The molecule has 0 aliphatic carbocycles. The fraction of sp³-hybridized carbons (Fsp3) is 0.750. The van der Waals surface area contributed by atoms with Gasteiger partial charge in [-0.25, -0.2) is 0 Å². The van der Waals surface area contributed by atoms with Crippen LogP contribution in [0.2, 0.25) is 0 Å². The van der Waals surface area contributed by atoms with Crippen LogP contribution < -0.4 is 15.5 Å². The highest BCUT2D eigenvalue weighted by atomic mass is 16.5. The molecule has 0 aliphatic rings. The van der Waals surface area contributed by atoms with Crippen LogP contribution in [-0.2, 0) is 4.74 Å². The fourth-order valence-electron chi connectivity index (χ4n) is 1.34. The van der Waals surface area contributed by atoms with Crippen molar-refractivity contribution in [3.8, 4) is 0 Å². The average Bonchev–Trinajstić information content (AvgIpc) is 2.34. The van der Waals surface area contributed by atoms with Gasteiger partial charge < -0.3 is 20.3 Å². The maximum Gasteiger partial charge on any atom is 0.231 e. The first-order chi connectivity index (χ1) is 9.02. The summed E-state index contributed by atoms with van der Waals surface area (Å²) in [7, 11) is 3.80. The third kappa shape index (κ3) is 5.69. The maximum absolute atomic E-state index is 5.46. The molecule has 108 valence electrons. The second-order valence-corrected chi connectivity index (χ2v) is 4.55. The molecule has 0 radical (unpaired) electrons. The van der Waals surface area contributed by atoms with Crippen LogP contribution in [0.4, 0.5) is 17.8 Å². The second kappa shape index (κ2) is 7.73. The molecule has 2 N–H and O–H groups in total. The molecule has 19 heavy (non-hydrogen) atoms. The Hall–Kier alpha value is -1.63. The number of aromatic nitrogens is 3. The number of hydrogen-bond acceptors (Lipinski definition) is 7. The normalized spacial score (nSPS) is 10.6. The van der Waals surface area contributed by atoms with Gasteiger partial charge in [0.1, 0.15) is 0 Å². The Morgan fingerprint density at radius 2 is 1.74 bits per heavy atom. The van der Waals surface area contributed by atoms with Gasteiger partial charge in [0, 0.05) is 27.2 Å². The van der Waals surface area contributed by atoms with E-state index in [-0.39, 0.29) is 6.10 Å². The molecule has 0 saturated carbocycles. The van der Waals surface area contributed by atoms with Crippen LogP contribution >= 0.6 is 0 Å². The number of ether oxygens (including phenoxy) is 1. The number of nitrogens with one attached hydrogen (secondary N) is 2. The van der Waals surface area contributed by atoms with Gasteiger partial charge in [0.25, 0.3) is 0 Å². The maximum atomic E-state index is 5.46. The lowest BCUT2D eigenvalue weighted by Crippen LogP contribution is -2.19. The molecule has 0 amide bonds. The summed E-state index contributed by atoms with van der Waals surface area (Å²) in [6, 6.07) is 0. The standard InChI is InChI=1S/C12H24N6O/c1-6-13-10-15-11(14-7-8-19-9(2)3)17-12(16-10)18(4)5/h9H,6-8H2,1-5H3,(H2,13,14,15,16,17). The van der Waals surface area contributed by atoms with Gasteiger partial charge in [-0.1, -0.05) is 0 Å². The molecule has 0 unspecified atom stereocenters. The minimum atomic E-state index is 0.231. The second-order valence-electron chi connectivity index (χ2n) is 4.55. The van der Waals surface area contributed by atoms with Gasteiger partial charge in [-0.15, -0.1) is 0 Å². The zero-order valence-electron chi connectivity index (χ0n) is 12.4. The molecule has 7 heteroatoms. The van der Waals surface area contributed by atoms with Crippen molar-refractivity contribution in [3.63, 3.8) is 0 Å². The summed E-state index contributed by atoms with van der Waals surface area (Å²) in [6.45, 7) is 8.08. The molecule has 1 aromatic heterocycles. The van der Waals surface area contributed by atoms with Crippen LogP contribution in [0, 0.1) is 0 Å². The summed E-state index contributed by atoms with van der Waals surface area (Å²) < 4.78 is 5.46. The van der Waals surface area contributed by atoms with Gasteiger partial charge in [0.15, 0.2) is 0 Å². The quantitative estimate of drug-likeness (QED) is 0.686. The van der Waals surface area contributed by atoms with Gasteiger partial charge in [0.05, 0.1) is 12.7 Å². The van der Waals surface area contributed by atoms with E-state index in [9.17, 15) is 0 Å². The Bertz CT molecular complexity index is 382. The van der Waals surface area contributed by atoms with Crippen molar-refractivity contribution in [2.75, 3.05) is 49.3 Å². The zero-order chi connectivity index (χ0) is 14.3. The lowest BCUT2D eigenvalue weighted by molar-refractivity contribution is 0.0870. The van der Waals surface area contributed by atoms with E-state index in [1.54, 1.807) is 0 Å². The summed E-state index contributed by atoms with van der Waals surface area (Å²) in [5.41, 5.74) is 0. The van der Waals surface area contributed by atoms with Crippen molar-refractivity contribution in [1.82, 2.24) is 15.0 Å². The van der Waals surface area contributed by atoms with Gasteiger partial charge in [-0.2, -0.15) is 15.0 Å². The largest absolute Gasteiger partial charge is 0.377 e. The third-order valence-electron chi connectivity index (χ3n) is 2.19. The summed E-state index contributed by atoms with van der Waals surface area (Å²) in [5.74, 6) is 1.76. The summed E-state index contributed by atoms with van der Waals surface area (Å²) in [5, 5.41) is 6.23. The summed E-state index contributed by atoms with van der Waals surface area (Å²) >= 11 is 0. The highest BCUT2D eigenvalue weighted by molar-refractivity contribution is 5.42. The monoisotopic (exact) mass is 268 g/mol. The van der Waals surface area contributed by atoms with E-state index in [1.165, 1.54) is 0 Å². The first-order valence-electron chi connectivity index (χ1n) is 6.55. The van der Waals surface area contributed by atoms with Crippen molar-refractivity contribution >= 4 is 17.8 Å². The van der Waals surface area contributed by atoms with E-state index in [2.05, 4.69) is 25.6 Å². The highest BCUT2D eigenvalue weighted by Crippen LogP contribution is 2.10. The molecule has 7 nitrogen and oxygen atoms in total. The Morgan fingerprint density at radius 3 is 2.26 bits per heavy atom. The van der Waals surface area contributed by atoms with Crippen molar-refractivity contribution in [3.05, 3.63) is 0 Å². The molecule has 0 aliphatic heterocycles. The molecule has 1 aromatic rings. The average molecular weight is 268 g/mol. The van der Waals surface area contributed by atoms with E-state index in [4.69, 9.17) is 4.74 Å². The Labute approximate surface area is 114 Å². The van der Waals surface area contributed by atoms with Crippen LogP contribution in [0.1, 0.15) is 20.8 Å². The van der Waals surface area contributed by atoms with Gasteiger partial charge in [-0.05, 0) is 20.8 Å². The predicted molar refractivity (Wildman–Crippen MR) is 77.9 cm³/mol. The van der Waals surface area contributed by atoms with Gasteiger partial charge in [0.2, 0.25) is 17.8 Å². The summed E-state index contributed by atoms with van der Waals surface area (Å²) in [6.07, 6.45) is 0.231. The van der Waals surface area contributed by atoms with E-state index in [0.29, 0.717) is 31.0 Å². The summed E-state index contributed by atoms with van der Waals surface area (Å²) in [4.78, 5) is 14.8. The van der Waals surface area contributed by atoms with E-state index >= 15 is 0 Å². The lowest BCUT2D eigenvalue weighted by Gasteiger charge is -2.14. The molecule has 0 spiro atoms. The van der Waals surface area contributed by atoms with Crippen molar-refractivity contribution < 1.29 is 4.74 Å². The molecule has 0 fully saturated rings. The topological polar surface area (TPSA) is 75.2 Å². The predicted octanol–water partition coefficient (Wildman–Crippen LogP) is 1.21. The molecular weight excluding hydrogens is 244 g/mol. The molecule has 1 heterocycles. The lowest BCUT2D eigenvalue weighted by atomic mass is 10.5. The van der Waals surface area contributed by atoms with Crippen LogP contribution in [0.25, 0.3) is 0 Å². The van der Waals surface area contributed by atoms with Crippen LogP contribution in [0.3, 0.4) is 0 Å². The van der Waals surface area contributed by atoms with Crippen molar-refractivity contribution in [2.45, 2.75) is 26.9 Å².